The number of carbonyl (C=O) groups is 4. The van der Waals surface area contributed by atoms with Crippen LogP contribution in [-0.4, -0.2) is 87.7 Å². The fourth-order valence-electron chi connectivity index (χ4n) is 7.18. The van der Waals surface area contributed by atoms with Crippen LogP contribution in [0.25, 0.3) is 11.0 Å². The van der Waals surface area contributed by atoms with E-state index < -0.39 is 65.4 Å². The Hall–Kier alpha value is -4.33. The van der Waals surface area contributed by atoms with E-state index in [2.05, 4.69) is 10.5 Å². The van der Waals surface area contributed by atoms with Gasteiger partial charge in [0.2, 0.25) is 11.8 Å². The molecule has 0 spiro atoms. The van der Waals surface area contributed by atoms with Crippen molar-refractivity contribution in [2.24, 2.45) is 0 Å². The Labute approximate surface area is 254 Å². The molecular weight excluding hydrogens is 598 g/mol. The molecule has 10 nitrogen and oxygen atoms in total. The lowest BCUT2D eigenvalue weighted by atomic mass is 9.89. The number of nitrogens with one attached hydrogen (secondary N) is 1. The Bertz CT molecular complexity index is 1740. The van der Waals surface area contributed by atoms with Crippen molar-refractivity contribution in [1.29, 1.82) is 0 Å². The van der Waals surface area contributed by atoms with E-state index in [1.165, 1.54) is 23.1 Å². The lowest BCUT2D eigenvalue weighted by molar-refractivity contribution is -0.136. The lowest BCUT2D eigenvalue weighted by Crippen LogP contribution is -2.60. The predicted molar refractivity (Wildman–Crippen MR) is 149 cm³/mol. The second-order valence-electron chi connectivity index (χ2n) is 12.2. The highest BCUT2D eigenvalue weighted by molar-refractivity contribution is 6.06. The molecule has 5 heterocycles. The van der Waals surface area contributed by atoms with E-state index in [4.69, 9.17) is 4.52 Å². The number of benzene rings is 2. The average molecular weight is 628 g/mol. The van der Waals surface area contributed by atoms with Crippen LogP contribution in [-0.2, 0) is 16.1 Å². The molecule has 14 heteroatoms. The summed E-state index contributed by atoms with van der Waals surface area (Å²) in [7, 11) is 0. The van der Waals surface area contributed by atoms with Crippen LogP contribution in [0.15, 0.2) is 34.9 Å². The summed E-state index contributed by atoms with van der Waals surface area (Å²) in [6.07, 6.45) is 1.28. The molecule has 1 N–H and O–H groups in total. The summed E-state index contributed by atoms with van der Waals surface area (Å²) < 4.78 is 65.2. The number of aromatic nitrogens is 1. The number of likely N-dealkylation sites (tertiary alicyclic amines) is 2. The topological polar surface area (TPSA) is 116 Å². The molecule has 45 heavy (non-hydrogen) atoms. The highest BCUT2D eigenvalue weighted by Crippen LogP contribution is 2.38. The van der Waals surface area contributed by atoms with Crippen molar-refractivity contribution >= 4 is 34.6 Å². The molecule has 4 amide bonds. The Kier molecular flexibility index (Phi) is 7.14. The summed E-state index contributed by atoms with van der Waals surface area (Å²) in [5.41, 5.74) is 0.918. The van der Waals surface area contributed by atoms with E-state index in [-0.39, 0.29) is 43.8 Å². The smallest absolute Gasteiger partial charge is 0.280 e. The SMILES string of the molecule is O=C1CCC(N2Cc3cc(C(=O)N4CCC(N5CCC(c6noc7cc(F)ccc67)CC5)C(F)(F)C4)c(F)cc3C2=O)C(=O)N1. The molecule has 7 rings (SSSR count). The first kappa shape index (κ1) is 29.4. The third-order valence-corrected chi connectivity index (χ3v) is 9.51. The summed E-state index contributed by atoms with van der Waals surface area (Å²) in [4.78, 5) is 54.0. The minimum atomic E-state index is -3.26. The first-order valence-corrected chi connectivity index (χ1v) is 14.9. The van der Waals surface area contributed by atoms with E-state index in [1.807, 2.05) is 0 Å². The van der Waals surface area contributed by atoms with E-state index in [9.17, 15) is 23.6 Å². The molecule has 0 bridgehead atoms. The minimum Gasteiger partial charge on any atom is -0.356 e. The first-order chi connectivity index (χ1) is 21.5. The molecule has 4 aliphatic heterocycles. The Morgan fingerprint density at radius 1 is 1.00 bits per heavy atom. The summed E-state index contributed by atoms with van der Waals surface area (Å²) in [6, 6.07) is 4.32. The van der Waals surface area contributed by atoms with Crippen molar-refractivity contribution in [3.63, 3.8) is 0 Å². The minimum absolute atomic E-state index is 0.00361. The fourth-order valence-corrected chi connectivity index (χ4v) is 7.18. The predicted octanol–water partition coefficient (Wildman–Crippen LogP) is 3.60. The molecule has 3 aromatic rings. The van der Waals surface area contributed by atoms with Gasteiger partial charge in [-0.2, -0.15) is 0 Å². The number of rotatable bonds is 4. The number of nitrogens with zero attached hydrogens (tertiary/aromatic N) is 4. The monoisotopic (exact) mass is 627 g/mol. The molecule has 0 radical (unpaired) electrons. The highest BCUT2D eigenvalue weighted by Gasteiger charge is 2.50. The molecule has 2 unspecified atom stereocenters. The zero-order valence-electron chi connectivity index (χ0n) is 24.0. The van der Waals surface area contributed by atoms with Gasteiger partial charge in [-0.05, 0) is 68.6 Å². The third-order valence-electron chi connectivity index (χ3n) is 9.51. The maximum absolute atomic E-state index is 15.6. The van der Waals surface area contributed by atoms with Gasteiger partial charge in [0, 0.05) is 42.4 Å². The number of amides is 4. The van der Waals surface area contributed by atoms with Crippen molar-refractivity contribution < 1.29 is 41.3 Å². The van der Waals surface area contributed by atoms with E-state index in [0.29, 0.717) is 48.2 Å². The maximum Gasteiger partial charge on any atom is 0.280 e. The standard InChI is InChI=1S/C31H29F4N5O5/c32-18-1-2-19-24(12-18)45-37-27(19)16-5-8-38(9-6-16)25-7-10-39(15-31(25,34)35)29(43)21-11-17-14-40(30(44)20(17)13-22(21)33)23-3-4-26(41)36-28(23)42/h1-2,11-13,16,23,25H,3-10,14-15H2,(H,36,41,42). The van der Waals surface area contributed by atoms with E-state index in [0.717, 1.165) is 11.0 Å². The number of carbonyl (C=O) groups excluding carboxylic acids is 4. The van der Waals surface area contributed by atoms with Crippen LogP contribution in [0, 0.1) is 11.6 Å². The highest BCUT2D eigenvalue weighted by atomic mass is 19.3. The number of hydrogen-bond acceptors (Lipinski definition) is 7. The normalized spacial score (nSPS) is 24.3. The van der Waals surface area contributed by atoms with Gasteiger partial charge in [-0.25, -0.2) is 17.6 Å². The second-order valence-corrected chi connectivity index (χ2v) is 12.2. The van der Waals surface area contributed by atoms with Gasteiger partial charge in [-0.1, -0.05) is 5.16 Å². The quantitative estimate of drug-likeness (QED) is 0.347. The van der Waals surface area contributed by atoms with Crippen LogP contribution >= 0.6 is 0 Å². The van der Waals surface area contributed by atoms with Crippen LogP contribution in [0.5, 0.6) is 0 Å². The van der Waals surface area contributed by atoms with E-state index >= 15 is 13.2 Å². The van der Waals surface area contributed by atoms with Gasteiger partial charge in [0.1, 0.15) is 17.7 Å². The summed E-state index contributed by atoms with van der Waals surface area (Å²) >= 11 is 0. The van der Waals surface area contributed by atoms with Crippen molar-refractivity contribution in [3.05, 3.63) is 64.4 Å². The van der Waals surface area contributed by atoms with Gasteiger partial charge in [0.15, 0.2) is 5.58 Å². The molecule has 0 saturated carbocycles. The van der Waals surface area contributed by atoms with Crippen LogP contribution in [0.3, 0.4) is 0 Å². The molecule has 3 saturated heterocycles. The molecule has 236 valence electrons. The molecule has 1 aromatic heterocycles. The number of hydrogen-bond donors (Lipinski definition) is 1. The van der Waals surface area contributed by atoms with Crippen LogP contribution in [0.4, 0.5) is 17.6 Å². The van der Waals surface area contributed by atoms with Gasteiger partial charge in [0.25, 0.3) is 17.7 Å². The van der Waals surface area contributed by atoms with Gasteiger partial charge >= 0.3 is 0 Å². The van der Waals surface area contributed by atoms with Gasteiger partial charge in [-0.15, -0.1) is 0 Å². The zero-order chi connectivity index (χ0) is 31.6. The van der Waals surface area contributed by atoms with Crippen molar-refractivity contribution in [2.45, 2.75) is 62.6 Å². The molecule has 3 fully saturated rings. The Balaban J connectivity index is 1.01. The number of imide groups is 1. The first-order valence-electron chi connectivity index (χ1n) is 14.9. The van der Waals surface area contributed by atoms with E-state index in [1.54, 1.807) is 11.0 Å². The zero-order valence-corrected chi connectivity index (χ0v) is 24.0. The van der Waals surface area contributed by atoms with Crippen LogP contribution < -0.4 is 5.32 Å². The van der Waals surface area contributed by atoms with Crippen LogP contribution in [0.1, 0.15) is 70.0 Å². The summed E-state index contributed by atoms with van der Waals surface area (Å²) in [5, 5.41) is 7.01. The number of alkyl halides is 2. The molecule has 2 atom stereocenters. The Morgan fingerprint density at radius 2 is 1.78 bits per heavy atom. The van der Waals surface area contributed by atoms with Gasteiger partial charge in [-0.3, -0.25) is 29.4 Å². The maximum atomic E-state index is 15.6. The average Bonchev–Trinajstić information content (AvgIpc) is 3.56. The molecule has 0 aliphatic carbocycles. The largest absolute Gasteiger partial charge is 0.356 e. The lowest BCUT2D eigenvalue weighted by Gasteiger charge is -2.45. The fraction of sp³-hybridized carbons (Fsp3) is 0.452. The van der Waals surface area contributed by atoms with Gasteiger partial charge in [0.05, 0.1) is 23.8 Å². The molecule has 2 aromatic carbocycles. The Morgan fingerprint density at radius 3 is 2.51 bits per heavy atom. The van der Waals surface area contributed by atoms with Gasteiger partial charge < -0.3 is 14.3 Å². The number of piperidine rings is 3. The summed E-state index contributed by atoms with van der Waals surface area (Å²) in [5.74, 6) is -7.28. The van der Waals surface area contributed by atoms with Crippen LogP contribution in [0.2, 0.25) is 0 Å². The van der Waals surface area contributed by atoms with Crippen molar-refractivity contribution in [2.75, 3.05) is 26.2 Å². The summed E-state index contributed by atoms with van der Waals surface area (Å²) in [6.45, 7) is -0.197. The van der Waals surface area contributed by atoms with Crippen molar-refractivity contribution in [1.82, 2.24) is 25.2 Å². The molecule has 4 aliphatic rings. The number of fused-ring (bicyclic) bond motifs is 2. The second kappa shape index (κ2) is 10.9. The van der Waals surface area contributed by atoms with Crippen molar-refractivity contribution in [3.8, 4) is 0 Å². The third kappa shape index (κ3) is 5.14. The number of halogens is 4. The molecular formula is C31H29F4N5O5.